The zero-order valence-corrected chi connectivity index (χ0v) is 14.9. The fourth-order valence-corrected chi connectivity index (χ4v) is 2.95. The molecule has 1 heterocycles. The summed E-state index contributed by atoms with van der Waals surface area (Å²) in [6.45, 7) is 4.36. The molecule has 0 aromatic carbocycles. The Labute approximate surface area is 138 Å². The second-order valence-electron chi connectivity index (χ2n) is 5.86. The van der Waals surface area contributed by atoms with Crippen LogP contribution < -0.4 is 10.8 Å². The van der Waals surface area contributed by atoms with E-state index in [2.05, 4.69) is 10.8 Å². The van der Waals surface area contributed by atoms with Crippen LogP contribution in [0, 0.1) is 0 Å². The molecule has 1 amide bonds. The first-order valence-corrected chi connectivity index (χ1v) is 9.86. The molecule has 2 atom stereocenters. The van der Waals surface area contributed by atoms with Crippen LogP contribution >= 0.6 is 0 Å². The van der Waals surface area contributed by atoms with Crippen LogP contribution in [0.2, 0.25) is 0 Å². The van der Waals surface area contributed by atoms with Crippen molar-refractivity contribution in [1.29, 1.82) is 0 Å². The number of sulfone groups is 1. The van der Waals surface area contributed by atoms with Gasteiger partial charge in [0.25, 0.3) is 5.91 Å². The van der Waals surface area contributed by atoms with Gasteiger partial charge in [0.2, 0.25) is 0 Å². The van der Waals surface area contributed by atoms with Crippen molar-refractivity contribution in [3.8, 4) is 0 Å². The molecule has 1 aliphatic heterocycles. The van der Waals surface area contributed by atoms with Crippen LogP contribution in [0.1, 0.15) is 46.0 Å². The van der Waals surface area contributed by atoms with E-state index in [4.69, 9.17) is 9.57 Å². The van der Waals surface area contributed by atoms with Crippen molar-refractivity contribution in [2.75, 3.05) is 19.4 Å². The summed E-state index contributed by atoms with van der Waals surface area (Å²) in [6.07, 6.45) is 7.84. The number of ether oxygens (including phenoxy) is 1. The maximum atomic E-state index is 12.4. The molecule has 0 radical (unpaired) electrons. The number of allylic oxidation sites excluding steroid dienone is 1. The van der Waals surface area contributed by atoms with Crippen molar-refractivity contribution < 1.29 is 22.8 Å². The number of nitrogens with one attached hydrogen (secondary N) is 2. The lowest BCUT2D eigenvalue weighted by Crippen LogP contribution is -2.52. The Hall–Kier alpha value is -1.12. The lowest BCUT2D eigenvalue weighted by atomic mass is 10.1. The molecule has 1 rings (SSSR count). The molecular weight excluding hydrogens is 320 g/mol. The van der Waals surface area contributed by atoms with E-state index in [1.165, 1.54) is 6.92 Å². The summed E-state index contributed by atoms with van der Waals surface area (Å²) < 4.78 is 27.9. The monoisotopic (exact) mass is 348 g/mol. The van der Waals surface area contributed by atoms with Gasteiger partial charge in [-0.05, 0) is 38.8 Å². The Bertz CT molecular complexity index is 500. The Morgan fingerprint density at radius 1 is 1.43 bits per heavy atom. The summed E-state index contributed by atoms with van der Waals surface area (Å²) in [4.78, 5) is 17.6. The fourth-order valence-electron chi connectivity index (χ4n) is 2.09. The van der Waals surface area contributed by atoms with Crippen LogP contribution in [-0.2, 0) is 24.2 Å². The smallest absolute Gasteiger partial charge is 0.264 e. The van der Waals surface area contributed by atoms with Gasteiger partial charge in [-0.15, -0.1) is 0 Å². The van der Waals surface area contributed by atoms with Gasteiger partial charge in [-0.2, -0.15) is 0 Å². The van der Waals surface area contributed by atoms with Crippen molar-refractivity contribution in [1.82, 2.24) is 10.8 Å². The first-order chi connectivity index (χ1) is 10.8. The van der Waals surface area contributed by atoms with Crippen molar-refractivity contribution >= 4 is 15.7 Å². The molecule has 0 aliphatic carbocycles. The third-order valence-electron chi connectivity index (χ3n) is 3.94. The second kappa shape index (κ2) is 9.24. The summed E-state index contributed by atoms with van der Waals surface area (Å²) in [5, 5.41) is 2.98. The van der Waals surface area contributed by atoms with Gasteiger partial charge >= 0.3 is 0 Å². The molecule has 8 heteroatoms. The van der Waals surface area contributed by atoms with E-state index in [-0.39, 0.29) is 6.42 Å². The molecule has 0 bridgehead atoms. The summed E-state index contributed by atoms with van der Waals surface area (Å²) in [5.74, 6) is -0.671. The van der Waals surface area contributed by atoms with Gasteiger partial charge in [-0.1, -0.05) is 13.0 Å². The van der Waals surface area contributed by atoms with Crippen LogP contribution in [0.15, 0.2) is 12.3 Å². The number of amides is 1. The second-order valence-corrected chi connectivity index (χ2v) is 8.31. The van der Waals surface area contributed by atoms with Gasteiger partial charge in [-0.25, -0.2) is 18.7 Å². The van der Waals surface area contributed by atoms with Gasteiger partial charge in [0.15, 0.2) is 20.9 Å². The molecule has 1 aliphatic rings. The maximum Gasteiger partial charge on any atom is 0.264 e. The number of hydrogen-bond acceptors (Lipinski definition) is 6. The minimum absolute atomic E-state index is 0.139. The number of carbonyl (C=O) groups excluding carboxylic acids is 1. The van der Waals surface area contributed by atoms with E-state index in [1.807, 2.05) is 13.0 Å². The maximum absolute atomic E-state index is 12.4. The lowest BCUT2D eigenvalue weighted by molar-refractivity contribution is -0.201. The minimum Gasteiger partial charge on any atom is -0.391 e. The topological polar surface area (TPSA) is 93.7 Å². The van der Waals surface area contributed by atoms with Gasteiger partial charge in [0.1, 0.15) is 0 Å². The number of carbonyl (C=O) groups is 1. The third-order valence-corrected chi connectivity index (χ3v) is 5.96. The average Bonchev–Trinajstić information content (AvgIpc) is 2.52. The zero-order chi connectivity index (χ0) is 17.3. The summed E-state index contributed by atoms with van der Waals surface area (Å²) in [5.41, 5.74) is 2.26. The molecule has 7 nitrogen and oxygen atoms in total. The standard InChI is InChI=1S/C15H28N2O5S/c1-4-5-10-16-11-9-15(2,23(3,19)20)14(18)17-22-13-8-6-7-12-21-13/h5,10,13,16H,4,6-9,11-12H2,1-3H3,(H,17,18)/b10-5-. The molecule has 23 heavy (non-hydrogen) atoms. The number of hydrogen-bond donors (Lipinski definition) is 2. The fraction of sp³-hybridized carbons (Fsp3) is 0.800. The van der Waals surface area contributed by atoms with Gasteiger partial charge in [0.05, 0.1) is 0 Å². The van der Waals surface area contributed by atoms with E-state index < -0.39 is 26.8 Å². The Balaban J connectivity index is 2.60. The van der Waals surface area contributed by atoms with Crippen molar-refractivity contribution in [3.05, 3.63) is 12.3 Å². The van der Waals surface area contributed by atoms with Crippen LogP contribution in [0.4, 0.5) is 0 Å². The van der Waals surface area contributed by atoms with Crippen LogP contribution in [0.3, 0.4) is 0 Å². The molecule has 0 saturated carbocycles. The molecular formula is C15H28N2O5S. The largest absolute Gasteiger partial charge is 0.391 e. The summed E-state index contributed by atoms with van der Waals surface area (Å²) >= 11 is 0. The Morgan fingerprint density at radius 2 is 2.17 bits per heavy atom. The molecule has 134 valence electrons. The highest BCUT2D eigenvalue weighted by Crippen LogP contribution is 2.21. The highest BCUT2D eigenvalue weighted by atomic mass is 32.2. The third kappa shape index (κ3) is 6.12. The SMILES string of the molecule is CC/C=C\NCCC(C)(C(=O)NOC1CCCCO1)S(C)(=O)=O. The Kier molecular flexibility index (Phi) is 8.01. The van der Waals surface area contributed by atoms with Crippen LogP contribution in [-0.4, -0.2) is 44.8 Å². The predicted molar refractivity (Wildman–Crippen MR) is 88.1 cm³/mol. The molecule has 0 spiro atoms. The zero-order valence-electron chi connectivity index (χ0n) is 14.1. The highest BCUT2D eigenvalue weighted by Gasteiger charge is 2.43. The molecule has 2 unspecified atom stereocenters. The van der Waals surface area contributed by atoms with E-state index in [0.29, 0.717) is 19.6 Å². The first-order valence-electron chi connectivity index (χ1n) is 7.97. The summed E-state index contributed by atoms with van der Waals surface area (Å²) in [6, 6.07) is 0. The normalized spacial score (nSPS) is 21.8. The van der Waals surface area contributed by atoms with Crippen LogP contribution in [0.25, 0.3) is 0 Å². The number of hydroxylamine groups is 1. The average molecular weight is 348 g/mol. The first kappa shape index (κ1) is 19.9. The highest BCUT2D eigenvalue weighted by molar-refractivity contribution is 7.92. The van der Waals surface area contributed by atoms with E-state index in [9.17, 15) is 13.2 Å². The summed E-state index contributed by atoms with van der Waals surface area (Å²) in [7, 11) is -3.61. The van der Waals surface area contributed by atoms with Gasteiger partial charge < -0.3 is 10.1 Å². The quantitative estimate of drug-likeness (QED) is 0.481. The van der Waals surface area contributed by atoms with Gasteiger partial charge in [-0.3, -0.25) is 4.79 Å². The minimum atomic E-state index is -3.61. The lowest BCUT2D eigenvalue weighted by Gasteiger charge is -2.28. The molecule has 0 aromatic heterocycles. The molecule has 2 N–H and O–H groups in total. The predicted octanol–water partition coefficient (Wildman–Crippen LogP) is 1.27. The van der Waals surface area contributed by atoms with Crippen molar-refractivity contribution in [2.45, 2.75) is 57.0 Å². The van der Waals surface area contributed by atoms with E-state index in [1.54, 1.807) is 6.20 Å². The molecule has 0 aromatic rings. The van der Waals surface area contributed by atoms with Crippen molar-refractivity contribution in [3.63, 3.8) is 0 Å². The molecule has 1 saturated heterocycles. The Morgan fingerprint density at radius 3 is 2.74 bits per heavy atom. The van der Waals surface area contributed by atoms with E-state index >= 15 is 0 Å². The van der Waals surface area contributed by atoms with Crippen molar-refractivity contribution in [2.24, 2.45) is 0 Å². The van der Waals surface area contributed by atoms with Crippen LogP contribution in [0.5, 0.6) is 0 Å². The number of rotatable bonds is 9. The van der Waals surface area contributed by atoms with E-state index in [0.717, 1.165) is 25.5 Å². The van der Waals surface area contributed by atoms with Gasteiger partial charge in [0, 0.05) is 25.8 Å². The molecule has 1 fully saturated rings.